The molecule has 6 nitrogen and oxygen atoms in total. The molecule has 2 bridgehead atoms. The van der Waals surface area contributed by atoms with Gasteiger partial charge in [0.05, 0.1) is 6.20 Å². The predicted octanol–water partition coefficient (Wildman–Crippen LogP) is 0.733. The van der Waals surface area contributed by atoms with Crippen LogP contribution in [0.2, 0.25) is 0 Å². The summed E-state index contributed by atoms with van der Waals surface area (Å²) in [5.74, 6) is 0.910. The molecule has 0 spiro atoms. The topological polar surface area (TPSA) is 67.2 Å². The van der Waals surface area contributed by atoms with E-state index in [1.165, 1.54) is 19.0 Å². The van der Waals surface area contributed by atoms with Crippen LogP contribution in [0.5, 0.6) is 0 Å². The zero-order valence-electron chi connectivity index (χ0n) is 12.3. The van der Waals surface area contributed by atoms with Crippen molar-refractivity contribution in [3.8, 4) is 0 Å². The minimum absolute atomic E-state index is 0.112. The Morgan fingerprint density at radius 1 is 1.33 bits per heavy atom. The number of nitrogens with zero attached hydrogens (tertiary/aromatic N) is 3. The second-order valence-corrected chi connectivity index (χ2v) is 8.50. The fourth-order valence-corrected chi connectivity index (χ4v) is 5.62. The van der Waals surface area contributed by atoms with Crippen LogP contribution in [0.4, 0.5) is 0 Å². The molecule has 4 heterocycles. The minimum Gasteiger partial charge on any atom is -0.318 e. The smallest absolute Gasteiger partial charge is 0.260 e. The summed E-state index contributed by atoms with van der Waals surface area (Å²) in [5.41, 5.74) is 0. The number of aryl methyl sites for hydroxylation is 1. The molecule has 2 unspecified atom stereocenters. The van der Waals surface area contributed by atoms with Gasteiger partial charge in [0.25, 0.3) is 10.0 Å². The van der Waals surface area contributed by atoms with E-state index in [2.05, 4.69) is 10.3 Å². The Balaban J connectivity index is 1.62. The molecule has 2 fully saturated rings. The normalized spacial score (nSPS) is 31.8. The van der Waals surface area contributed by atoms with E-state index in [0.717, 1.165) is 38.1 Å². The number of piperidine rings is 1. The molecule has 1 aromatic rings. The van der Waals surface area contributed by atoms with Crippen LogP contribution in [-0.4, -0.2) is 47.4 Å². The van der Waals surface area contributed by atoms with Crippen molar-refractivity contribution >= 4 is 10.0 Å². The first-order valence-corrected chi connectivity index (χ1v) is 9.28. The molecule has 0 aliphatic carbocycles. The lowest BCUT2D eigenvalue weighted by Gasteiger charge is -2.34. The summed E-state index contributed by atoms with van der Waals surface area (Å²) in [6.07, 6.45) is 7.62. The number of imidazole rings is 1. The van der Waals surface area contributed by atoms with Gasteiger partial charge in [-0.2, -0.15) is 4.31 Å². The molecule has 3 aliphatic heterocycles. The Hall–Kier alpha value is -0.920. The second-order valence-electron chi connectivity index (χ2n) is 6.55. The van der Waals surface area contributed by atoms with Gasteiger partial charge in [-0.1, -0.05) is 0 Å². The summed E-state index contributed by atoms with van der Waals surface area (Å²) in [5, 5.41) is 3.94. The molecule has 4 rings (SSSR count). The zero-order valence-corrected chi connectivity index (χ0v) is 13.1. The largest absolute Gasteiger partial charge is 0.318 e. The van der Waals surface area contributed by atoms with Gasteiger partial charge in [-0.15, -0.1) is 0 Å². The third-order valence-corrected chi connectivity index (χ3v) is 7.20. The van der Waals surface area contributed by atoms with Crippen molar-refractivity contribution in [2.75, 3.05) is 7.05 Å². The molecule has 116 valence electrons. The van der Waals surface area contributed by atoms with Crippen LogP contribution in [0.1, 0.15) is 37.9 Å². The lowest BCUT2D eigenvalue weighted by Crippen LogP contribution is -2.48. The van der Waals surface area contributed by atoms with Crippen molar-refractivity contribution in [2.45, 2.75) is 68.2 Å². The molecule has 2 atom stereocenters. The SMILES string of the molecule is CN(C1CC2CCC(C1)N2)S(=O)(=O)c1cnc2n1CCC2. The van der Waals surface area contributed by atoms with E-state index in [9.17, 15) is 8.42 Å². The molecular weight excluding hydrogens is 288 g/mol. The Labute approximate surface area is 125 Å². The average Bonchev–Trinajstić information content (AvgIpc) is 3.13. The summed E-state index contributed by atoms with van der Waals surface area (Å²) in [6, 6.07) is 1.09. The van der Waals surface area contributed by atoms with Gasteiger partial charge in [-0.05, 0) is 32.1 Å². The monoisotopic (exact) mass is 310 g/mol. The Morgan fingerprint density at radius 2 is 2.05 bits per heavy atom. The van der Waals surface area contributed by atoms with Crippen molar-refractivity contribution < 1.29 is 8.42 Å². The highest BCUT2D eigenvalue weighted by Gasteiger charge is 2.40. The lowest BCUT2D eigenvalue weighted by atomic mass is 10.0. The summed E-state index contributed by atoms with van der Waals surface area (Å²) in [4.78, 5) is 4.28. The standard InChI is InChI=1S/C14H22N4O2S/c1-17(12-7-10-4-5-11(8-12)16-10)21(19,20)14-9-15-13-3-2-6-18(13)14/h9-12,16H,2-8H2,1H3. The number of fused-ring (bicyclic) bond motifs is 3. The van der Waals surface area contributed by atoms with Gasteiger partial charge in [0, 0.05) is 38.1 Å². The fourth-order valence-electron chi connectivity index (χ4n) is 4.10. The molecule has 0 saturated carbocycles. The first kappa shape index (κ1) is 13.7. The molecule has 3 aliphatic rings. The minimum atomic E-state index is -3.43. The molecule has 21 heavy (non-hydrogen) atoms. The van der Waals surface area contributed by atoms with Gasteiger partial charge in [0.2, 0.25) is 0 Å². The maximum absolute atomic E-state index is 12.9. The van der Waals surface area contributed by atoms with Crippen molar-refractivity contribution in [1.82, 2.24) is 19.2 Å². The van der Waals surface area contributed by atoms with E-state index < -0.39 is 10.0 Å². The maximum Gasteiger partial charge on any atom is 0.260 e. The maximum atomic E-state index is 12.9. The third kappa shape index (κ3) is 2.13. The van der Waals surface area contributed by atoms with Gasteiger partial charge < -0.3 is 9.88 Å². The zero-order chi connectivity index (χ0) is 14.6. The van der Waals surface area contributed by atoms with E-state index in [4.69, 9.17) is 0 Å². The molecule has 1 N–H and O–H groups in total. The molecule has 1 aromatic heterocycles. The number of aromatic nitrogens is 2. The van der Waals surface area contributed by atoms with E-state index in [1.807, 2.05) is 4.57 Å². The summed E-state index contributed by atoms with van der Waals surface area (Å²) in [6.45, 7) is 0.773. The van der Waals surface area contributed by atoms with Crippen LogP contribution in [0.25, 0.3) is 0 Å². The predicted molar refractivity (Wildman–Crippen MR) is 78.5 cm³/mol. The number of nitrogens with one attached hydrogen (secondary N) is 1. The van der Waals surface area contributed by atoms with Gasteiger partial charge in [-0.3, -0.25) is 0 Å². The van der Waals surface area contributed by atoms with Crippen LogP contribution >= 0.6 is 0 Å². The summed E-state index contributed by atoms with van der Waals surface area (Å²) >= 11 is 0. The molecular formula is C14H22N4O2S. The number of hydrogen-bond acceptors (Lipinski definition) is 4. The van der Waals surface area contributed by atoms with E-state index in [1.54, 1.807) is 11.4 Å². The average molecular weight is 310 g/mol. The highest BCUT2D eigenvalue weighted by molar-refractivity contribution is 7.89. The van der Waals surface area contributed by atoms with E-state index >= 15 is 0 Å². The lowest BCUT2D eigenvalue weighted by molar-refractivity contribution is 0.250. The molecule has 0 aromatic carbocycles. The molecule has 0 amide bonds. The van der Waals surface area contributed by atoms with Gasteiger partial charge in [0.15, 0.2) is 5.03 Å². The summed E-state index contributed by atoms with van der Waals surface area (Å²) in [7, 11) is -1.70. The summed E-state index contributed by atoms with van der Waals surface area (Å²) < 4.78 is 29.3. The van der Waals surface area contributed by atoms with Crippen molar-refractivity contribution in [2.24, 2.45) is 0 Å². The highest BCUT2D eigenvalue weighted by atomic mass is 32.2. The van der Waals surface area contributed by atoms with Crippen LogP contribution in [0.15, 0.2) is 11.2 Å². The number of rotatable bonds is 3. The van der Waals surface area contributed by atoms with E-state index in [-0.39, 0.29) is 6.04 Å². The second kappa shape index (κ2) is 4.79. The van der Waals surface area contributed by atoms with Gasteiger partial charge >= 0.3 is 0 Å². The first-order chi connectivity index (χ1) is 10.1. The van der Waals surface area contributed by atoms with Crippen molar-refractivity contribution in [1.29, 1.82) is 0 Å². The fraction of sp³-hybridized carbons (Fsp3) is 0.786. The van der Waals surface area contributed by atoms with Gasteiger partial charge in [-0.25, -0.2) is 13.4 Å². The van der Waals surface area contributed by atoms with Gasteiger partial charge in [0.1, 0.15) is 5.82 Å². The molecule has 2 saturated heterocycles. The number of hydrogen-bond donors (Lipinski definition) is 1. The van der Waals surface area contributed by atoms with E-state index in [0.29, 0.717) is 17.1 Å². The highest BCUT2D eigenvalue weighted by Crippen LogP contribution is 2.32. The van der Waals surface area contributed by atoms with Crippen molar-refractivity contribution in [3.05, 3.63) is 12.0 Å². The number of sulfonamides is 1. The Kier molecular flexibility index (Phi) is 3.13. The van der Waals surface area contributed by atoms with Crippen LogP contribution in [-0.2, 0) is 23.0 Å². The Morgan fingerprint density at radius 3 is 2.76 bits per heavy atom. The third-order valence-electron chi connectivity index (χ3n) is 5.29. The van der Waals surface area contributed by atoms with Crippen LogP contribution in [0, 0.1) is 0 Å². The molecule has 0 radical (unpaired) electrons. The first-order valence-electron chi connectivity index (χ1n) is 7.84. The Bertz CT molecular complexity index is 642. The van der Waals surface area contributed by atoms with Crippen LogP contribution in [0.3, 0.4) is 0 Å². The van der Waals surface area contributed by atoms with Crippen molar-refractivity contribution in [3.63, 3.8) is 0 Å². The molecule has 7 heteroatoms. The quantitative estimate of drug-likeness (QED) is 0.894. The van der Waals surface area contributed by atoms with Crippen LogP contribution < -0.4 is 5.32 Å².